The summed E-state index contributed by atoms with van der Waals surface area (Å²) >= 11 is 0. The van der Waals surface area contributed by atoms with E-state index in [9.17, 15) is 9.59 Å². The van der Waals surface area contributed by atoms with E-state index < -0.39 is 0 Å². The van der Waals surface area contributed by atoms with Crippen LogP contribution >= 0.6 is 0 Å². The molecule has 0 aromatic rings. The maximum Gasteiger partial charge on any atom is 0.239 e. The molecule has 2 N–H and O–H groups in total. The van der Waals surface area contributed by atoms with Gasteiger partial charge in [-0.15, -0.1) is 0 Å². The highest BCUT2D eigenvalue weighted by Crippen LogP contribution is 2.19. The fraction of sp³-hybridized carbons (Fsp3) is 0.857. The van der Waals surface area contributed by atoms with Gasteiger partial charge >= 0.3 is 0 Å². The molecule has 2 fully saturated rings. The molecule has 108 valence electrons. The standard InChI is InChI=1S/C14H25N3O2/c1-10-5-6-15-13(8-10)14(19)17-7-3-4-12(9-17)16-11(2)18/h10,12-13,15H,3-9H2,1-2H3,(H,16,18). The molecule has 0 aromatic carbocycles. The number of likely N-dealkylation sites (tertiary alicyclic amines) is 1. The Bertz CT molecular complexity index is 346. The number of piperidine rings is 2. The van der Waals surface area contributed by atoms with Crippen LogP contribution in [0, 0.1) is 5.92 Å². The van der Waals surface area contributed by atoms with Gasteiger partial charge in [0.1, 0.15) is 0 Å². The molecule has 5 heteroatoms. The van der Waals surface area contributed by atoms with Crippen LogP contribution in [0.15, 0.2) is 0 Å². The van der Waals surface area contributed by atoms with Crippen LogP contribution in [0.3, 0.4) is 0 Å². The highest BCUT2D eigenvalue weighted by atomic mass is 16.2. The molecule has 19 heavy (non-hydrogen) atoms. The second kappa shape index (κ2) is 6.37. The Kier molecular flexibility index (Phi) is 4.80. The summed E-state index contributed by atoms with van der Waals surface area (Å²) in [6.07, 6.45) is 4.02. The number of rotatable bonds is 2. The number of nitrogens with zero attached hydrogens (tertiary/aromatic N) is 1. The lowest BCUT2D eigenvalue weighted by atomic mass is 9.93. The topological polar surface area (TPSA) is 61.4 Å². The molecule has 2 saturated heterocycles. The first-order valence-corrected chi connectivity index (χ1v) is 7.35. The molecular weight excluding hydrogens is 242 g/mol. The van der Waals surface area contributed by atoms with Crippen LogP contribution in [-0.2, 0) is 9.59 Å². The van der Waals surface area contributed by atoms with Gasteiger partial charge in [-0.1, -0.05) is 6.92 Å². The van der Waals surface area contributed by atoms with Crippen molar-refractivity contribution in [2.24, 2.45) is 5.92 Å². The summed E-state index contributed by atoms with van der Waals surface area (Å²) in [5, 5.41) is 6.25. The molecule has 0 bridgehead atoms. The van der Waals surface area contributed by atoms with Gasteiger partial charge in [0.2, 0.25) is 11.8 Å². The minimum absolute atomic E-state index is 0.0105. The van der Waals surface area contributed by atoms with Gasteiger partial charge in [-0.3, -0.25) is 9.59 Å². The maximum atomic E-state index is 12.5. The largest absolute Gasteiger partial charge is 0.352 e. The Balaban J connectivity index is 1.89. The van der Waals surface area contributed by atoms with Gasteiger partial charge in [0.25, 0.3) is 0 Å². The lowest BCUT2D eigenvalue weighted by Crippen LogP contribution is -2.55. The summed E-state index contributed by atoms with van der Waals surface area (Å²) in [4.78, 5) is 25.5. The van der Waals surface area contributed by atoms with Gasteiger partial charge in [-0.2, -0.15) is 0 Å². The minimum Gasteiger partial charge on any atom is -0.352 e. The van der Waals surface area contributed by atoms with Crippen LogP contribution in [0.25, 0.3) is 0 Å². The van der Waals surface area contributed by atoms with Gasteiger partial charge < -0.3 is 15.5 Å². The van der Waals surface area contributed by atoms with E-state index in [2.05, 4.69) is 17.6 Å². The highest BCUT2D eigenvalue weighted by Gasteiger charge is 2.31. The minimum atomic E-state index is -0.0279. The van der Waals surface area contributed by atoms with Gasteiger partial charge in [0.05, 0.1) is 6.04 Å². The third-order valence-electron chi connectivity index (χ3n) is 4.10. The predicted octanol–water partition coefficient (Wildman–Crippen LogP) is 0.502. The number of nitrogens with one attached hydrogen (secondary N) is 2. The van der Waals surface area contributed by atoms with Crippen LogP contribution in [0.4, 0.5) is 0 Å². The fourth-order valence-electron chi connectivity index (χ4n) is 3.10. The molecular formula is C14H25N3O2. The van der Waals surface area contributed by atoms with Crippen molar-refractivity contribution in [1.82, 2.24) is 15.5 Å². The molecule has 0 aliphatic carbocycles. The first-order chi connectivity index (χ1) is 9.06. The van der Waals surface area contributed by atoms with Crippen molar-refractivity contribution in [2.45, 2.75) is 51.6 Å². The van der Waals surface area contributed by atoms with Crippen LogP contribution < -0.4 is 10.6 Å². The van der Waals surface area contributed by atoms with Crippen LogP contribution in [-0.4, -0.2) is 48.4 Å². The van der Waals surface area contributed by atoms with Crippen LogP contribution in [0.5, 0.6) is 0 Å². The van der Waals surface area contributed by atoms with E-state index in [-0.39, 0.29) is 23.9 Å². The quantitative estimate of drug-likeness (QED) is 0.766. The smallest absolute Gasteiger partial charge is 0.239 e. The van der Waals surface area contributed by atoms with E-state index in [1.54, 1.807) is 0 Å². The van der Waals surface area contributed by atoms with E-state index >= 15 is 0 Å². The summed E-state index contributed by atoms with van der Waals surface area (Å²) in [5.41, 5.74) is 0. The molecule has 2 amide bonds. The van der Waals surface area contributed by atoms with Crippen molar-refractivity contribution in [3.63, 3.8) is 0 Å². The molecule has 0 aromatic heterocycles. The Morgan fingerprint density at radius 2 is 2.11 bits per heavy atom. The molecule has 2 aliphatic heterocycles. The molecule has 2 heterocycles. The lowest BCUT2D eigenvalue weighted by Gasteiger charge is -2.37. The molecule has 2 aliphatic rings. The third-order valence-corrected chi connectivity index (χ3v) is 4.10. The fourth-order valence-corrected chi connectivity index (χ4v) is 3.10. The highest BCUT2D eigenvalue weighted by molar-refractivity contribution is 5.82. The van der Waals surface area contributed by atoms with Crippen LogP contribution in [0.1, 0.15) is 39.5 Å². The first kappa shape index (κ1) is 14.3. The summed E-state index contributed by atoms with van der Waals surface area (Å²) in [6, 6.07) is 0.0936. The number of carbonyl (C=O) groups excluding carboxylic acids is 2. The van der Waals surface area contributed by atoms with E-state index in [0.717, 1.165) is 38.8 Å². The van der Waals surface area contributed by atoms with Gasteiger partial charge in [-0.05, 0) is 38.1 Å². The van der Waals surface area contributed by atoms with E-state index in [0.29, 0.717) is 12.5 Å². The molecule has 0 saturated carbocycles. The van der Waals surface area contributed by atoms with Crippen LogP contribution in [0.2, 0.25) is 0 Å². The number of amides is 2. The van der Waals surface area contributed by atoms with Crippen molar-refractivity contribution in [2.75, 3.05) is 19.6 Å². The summed E-state index contributed by atoms with van der Waals surface area (Å²) in [5.74, 6) is 0.816. The second-order valence-electron chi connectivity index (χ2n) is 5.96. The molecule has 0 spiro atoms. The van der Waals surface area contributed by atoms with E-state index in [1.165, 1.54) is 6.92 Å². The van der Waals surface area contributed by atoms with Crippen molar-refractivity contribution >= 4 is 11.8 Å². The zero-order valence-corrected chi connectivity index (χ0v) is 11.9. The Hall–Kier alpha value is -1.10. The average molecular weight is 267 g/mol. The lowest BCUT2D eigenvalue weighted by molar-refractivity contribution is -0.136. The Labute approximate surface area is 115 Å². The second-order valence-corrected chi connectivity index (χ2v) is 5.96. The van der Waals surface area contributed by atoms with Gasteiger partial charge in [0, 0.05) is 26.1 Å². The third kappa shape index (κ3) is 3.93. The van der Waals surface area contributed by atoms with Crippen molar-refractivity contribution < 1.29 is 9.59 Å². The SMILES string of the molecule is CC(=O)NC1CCCN(C(=O)C2CC(C)CCN2)C1. The Morgan fingerprint density at radius 3 is 2.79 bits per heavy atom. The van der Waals surface area contributed by atoms with Crippen molar-refractivity contribution in [1.29, 1.82) is 0 Å². The maximum absolute atomic E-state index is 12.5. The molecule has 0 radical (unpaired) electrons. The van der Waals surface area contributed by atoms with Gasteiger partial charge in [-0.25, -0.2) is 0 Å². The first-order valence-electron chi connectivity index (χ1n) is 7.35. The number of carbonyl (C=O) groups is 2. The molecule has 3 unspecified atom stereocenters. The average Bonchev–Trinajstić information content (AvgIpc) is 2.37. The summed E-state index contributed by atoms with van der Waals surface area (Å²) in [7, 11) is 0. The number of hydrogen-bond donors (Lipinski definition) is 2. The zero-order chi connectivity index (χ0) is 13.8. The van der Waals surface area contributed by atoms with Crippen molar-refractivity contribution in [3.05, 3.63) is 0 Å². The predicted molar refractivity (Wildman–Crippen MR) is 73.6 cm³/mol. The Morgan fingerprint density at radius 1 is 1.32 bits per heavy atom. The van der Waals surface area contributed by atoms with Gasteiger partial charge in [0.15, 0.2) is 0 Å². The number of hydrogen-bond acceptors (Lipinski definition) is 3. The zero-order valence-electron chi connectivity index (χ0n) is 11.9. The van der Waals surface area contributed by atoms with Crippen molar-refractivity contribution in [3.8, 4) is 0 Å². The molecule has 2 rings (SSSR count). The molecule has 5 nitrogen and oxygen atoms in total. The molecule has 3 atom stereocenters. The summed E-state index contributed by atoms with van der Waals surface area (Å²) in [6.45, 7) is 6.15. The van der Waals surface area contributed by atoms with E-state index in [1.807, 2.05) is 4.90 Å². The van der Waals surface area contributed by atoms with E-state index in [4.69, 9.17) is 0 Å². The normalized spacial score (nSPS) is 31.9. The summed E-state index contributed by atoms with van der Waals surface area (Å²) < 4.78 is 0. The monoisotopic (exact) mass is 267 g/mol.